The van der Waals surface area contributed by atoms with E-state index in [1.807, 2.05) is 24.3 Å². The van der Waals surface area contributed by atoms with Crippen LogP contribution in [0.2, 0.25) is 5.02 Å². The second-order valence-corrected chi connectivity index (χ2v) is 11.2. The minimum Gasteiger partial charge on any atom is -0.493 e. The Kier molecular flexibility index (Phi) is 7.43. The highest BCUT2D eigenvalue weighted by atomic mass is 35.5. The molecule has 2 N–H and O–H groups in total. The predicted molar refractivity (Wildman–Crippen MR) is 147 cm³/mol. The number of fused-ring (bicyclic) bond motifs is 2. The van der Waals surface area contributed by atoms with Gasteiger partial charge in [-0.1, -0.05) is 55.3 Å². The Morgan fingerprint density at radius 1 is 1.11 bits per heavy atom. The summed E-state index contributed by atoms with van der Waals surface area (Å²) in [5.41, 5.74) is 2.60. The van der Waals surface area contributed by atoms with Crippen LogP contribution < -0.4 is 10.1 Å². The molecule has 0 aliphatic heterocycles. The number of carboxylic acids is 1. The fourth-order valence-electron chi connectivity index (χ4n) is 6.61. The van der Waals surface area contributed by atoms with Crippen LogP contribution >= 0.6 is 11.6 Å². The van der Waals surface area contributed by atoms with Crippen LogP contribution in [0.5, 0.6) is 5.75 Å². The Balaban J connectivity index is 1.36. The van der Waals surface area contributed by atoms with E-state index >= 15 is 0 Å². The molecule has 0 bridgehead atoms. The fourth-order valence-corrected chi connectivity index (χ4v) is 6.80. The molecule has 1 saturated carbocycles. The van der Waals surface area contributed by atoms with E-state index in [0.29, 0.717) is 36.3 Å². The Morgan fingerprint density at radius 3 is 2.57 bits per heavy atom. The molecule has 1 spiro atoms. The van der Waals surface area contributed by atoms with Crippen molar-refractivity contribution in [3.63, 3.8) is 0 Å². The van der Waals surface area contributed by atoms with Gasteiger partial charge in [-0.05, 0) is 97.2 Å². The molecule has 194 valence electrons. The molecule has 1 heterocycles. The van der Waals surface area contributed by atoms with Crippen molar-refractivity contribution in [2.75, 3.05) is 11.9 Å². The van der Waals surface area contributed by atoms with Gasteiger partial charge in [-0.2, -0.15) is 0 Å². The average molecular weight is 519 g/mol. The van der Waals surface area contributed by atoms with Crippen molar-refractivity contribution < 1.29 is 14.6 Å². The zero-order valence-corrected chi connectivity index (χ0v) is 22.1. The molecular weight excluding hydrogens is 484 g/mol. The van der Waals surface area contributed by atoms with E-state index in [-0.39, 0.29) is 5.41 Å². The summed E-state index contributed by atoms with van der Waals surface area (Å²) >= 11 is 6.19. The predicted octanol–water partition coefficient (Wildman–Crippen LogP) is 7.15. The van der Waals surface area contributed by atoms with Crippen molar-refractivity contribution in [2.24, 2.45) is 11.8 Å². The smallest absolute Gasteiger partial charge is 0.329 e. The van der Waals surface area contributed by atoms with Crippen LogP contribution in [0.1, 0.15) is 56.6 Å². The summed E-state index contributed by atoms with van der Waals surface area (Å²) in [6.07, 6.45) is 9.51. The summed E-state index contributed by atoms with van der Waals surface area (Å²) in [7, 11) is 0. The Morgan fingerprint density at radius 2 is 1.86 bits per heavy atom. The van der Waals surface area contributed by atoms with E-state index in [9.17, 15) is 9.90 Å². The molecule has 0 amide bonds. The molecule has 2 atom stereocenters. The first-order valence-electron chi connectivity index (χ1n) is 13.3. The van der Waals surface area contributed by atoms with Crippen molar-refractivity contribution in [1.82, 2.24) is 4.98 Å². The summed E-state index contributed by atoms with van der Waals surface area (Å²) in [5, 5.41) is 14.3. The molecule has 37 heavy (non-hydrogen) atoms. The topological polar surface area (TPSA) is 71.5 Å². The molecule has 5 nitrogen and oxygen atoms in total. The lowest BCUT2D eigenvalue weighted by Crippen LogP contribution is -2.53. The van der Waals surface area contributed by atoms with Crippen LogP contribution in [0.15, 0.2) is 73.1 Å². The number of carbonyl (C=O) groups is 1. The number of aliphatic carboxylic acids is 1. The second kappa shape index (κ2) is 10.7. The number of carboxylic acid groups (broad SMARTS) is 1. The number of aromatic nitrogens is 1. The van der Waals surface area contributed by atoms with Gasteiger partial charge in [-0.3, -0.25) is 4.98 Å². The molecule has 0 radical (unpaired) electrons. The second-order valence-electron chi connectivity index (χ2n) is 10.7. The third-order valence-electron chi connectivity index (χ3n) is 8.75. The number of anilines is 1. The zero-order chi connectivity index (χ0) is 25.9. The Bertz CT molecular complexity index is 1220. The molecule has 2 aliphatic rings. The first-order valence-corrected chi connectivity index (χ1v) is 13.7. The van der Waals surface area contributed by atoms with Crippen molar-refractivity contribution >= 4 is 23.3 Å². The van der Waals surface area contributed by atoms with Crippen LogP contribution in [0, 0.1) is 11.8 Å². The van der Waals surface area contributed by atoms with Gasteiger partial charge >= 0.3 is 5.97 Å². The highest BCUT2D eigenvalue weighted by Gasteiger charge is 2.54. The average Bonchev–Trinajstić information content (AvgIpc) is 3.21. The number of halogens is 1. The van der Waals surface area contributed by atoms with Crippen LogP contribution in [0.3, 0.4) is 0 Å². The van der Waals surface area contributed by atoms with Crippen LogP contribution in [-0.2, 0) is 16.6 Å². The number of hydrogen-bond donors (Lipinski definition) is 2. The van der Waals surface area contributed by atoms with Gasteiger partial charge in [0.15, 0.2) is 0 Å². The van der Waals surface area contributed by atoms with E-state index in [1.165, 1.54) is 11.1 Å². The van der Waals surface area contributed by atoms with Gasteiger partial charge in [-0.25, -0.2) is 4.79 Å². The third kappa shape index (κ3) is 5.19. The van der Waals surface area contributed by atoms with Gasteiger partial charge in [0, 0.05) is 23.1 Å². The molecule has 2 aliphatic carbocycles. The van der Waals surface area contributed by atoms with Gasteiger partial charge < -0.3 is 15.2 Å². The molecule has 3 aromatic rings. The number of ether oxygens (including phenoxy) is 1. The standard InChI is InChI=1S/C31H35ClN2O3/c1-2-22(21-37-27-10-16-33-17-11-27)18-24-19-23-6-3-4-9-28(23)30(24)12-14-31(15-13-30,29(35)36)34-26-8-5-7-25(32)20-26/h3-11,16-17,20,22,24,34H,2,12-15,18-19,21H2,1H3,(H,35,36)/t22-,24?,30?,31?/m0/s1. The first-order chi connectivity index (χ1) is 17.9. The number of benzene rings is 2. The fraction of sp³-hybridized carbons (Fsp3) is 0.419. The number of hydrogen-bond acceptors (Lipinski definition) is 4. The number of nitrogens with one attached hydrogen (secondary N) is 1. The Hall–Kier alpha value is -3.05. The maximum Gasteiger partial charge on any atom is 0.329 e. The summed E-state index contributed by atoms with van der Waals surface area (Å²) in [6, 6.07) is 20.0. The third-order valence-corrected chi connectivity index (χ3v) is 8.98. The van der Waals surface area contributed by atoms with Crippen molar-refractivity contribution in [3.05, 3.63) is 89.2 Å². The highest BCUT2D eigenvalue weighted by Crippen LogP contribution is 2.56. The molecular formula is C31H35ClN2O3. The Labute approximate surface area is 224 Å². The van der Waals surface area contributed by atoms with E-state index in [4.69, 9.17) is 16.3 Å². The van der Waals surface area contributed by atoms with Crippen LogP contribution in [-0.4, -0.2) is 28.2 Å². The number of nitrogens with zero attached hydrogens (tertiary/aromatic N) is 1. The zero-order valence-electron chi connectivity index (χ0n) is 21.3. The molecule has 5 rings (SSSR count). The van der Waals surface area contributed by atoms with Crippen molar-refractivity contribution in [2.45, 2.75) is 62.8 Å². The summed E-state index contributed by atoms with van der Waals surface area (Å²) in [6.45, 7) is 2.92. The van der Waals surface area contributed by atoms with Gasteiger partial charge in [0.25, 0.3) is 0 Å². The number of rotatable bonds is 9. The highest BCUT2D eigenvalue weighted by molar-refractivity contribution is 6.30. The minimum absolute atomic E-state index is 0.00432. The number of pyridine rings is 1. The van der Waals surface area contributed by atoms with Crippen LogP contribution in [0.4, 0.5) is 5.69 Å². The molecule has 2 aromatic carbocycles. The lowest BCUT2D eigenvalue weighted by atomic mass is 9.59. The normalized spacial score (nSPS) is 25.4. The summed E-state index contributed by atoms with van der Waals surface area (Å²) < 4.78 is 6.12. The first kappa shape index (κ1) is 25.6. The van der Waals surface area contributed by atoms with Gasteiger partial charge in [-0.15, -0.1) is 0 Å². The van der Waals surface area contributed by atoms with E-state index in [2.05, 4.69) is 41.5 Å². The maximum absolute atomic E-state index is 12.6. The molecule has 1 aromatic heterocycles. The van der Waals surface area contributed by atoms with E-state index < -0.39 is 11.5 Å². The quantitative estimate of drug-likeness (QED) is 0.314. The molecule has 1 fully saturated rings. The SMILES string of the molecule is CC[C@H](COc1ccncc1)CC1Cc2ccccc2C12CCC(Nc1cccc(Cl)c1)(C(=O)O)CC2. The monoisotopic (exact) mass is 518 g/mol. The van der Waals surface area contributed by atoms with Gasteiger partial charge in [0.2, 0.25) is 0 Å². The maximum atomic E-state index is 12.6. The minimum atomic E-state index is -0.993. The van der Waals surface area contributed by atoms with Gasteiger partial charge in [0.1, 0.15) is 11.3 Å². The van der Waals surface area contributed by atoms with Crippen molar-refractivity contribution in [3.8, 4) is 5.75 Å². The molecule has 0 saturated heterocycles. The lowest BCUT2D eigenvalue weighted by Gasteiger charge is -2.47. The van der Waals surface area contributed by atoms with Crippen molar-refractivity contribution in [1.29, 1.82) is 0 Å². The molecule has 6 heteroatoms. The van der Waals surface area contributed by atoms with Crippen LogP contribution in [0.25, 0.3) is 0 Å². The lowest BCUT2D eigenvalue weighted by molar-refractivity contribution is -0.144. The summed E-state index contributed by atoms with van der Waals surface area (Å²) in [5.74, 6) is 0.963. The van der Waals surface area contributed by atoms with E-state index in [0.717, 1.165) is 43.5 Å². The summed E-state index contributed by atoms with van der Waals surface area (Å²) in [4.78, 5) is 16.7. The van der Waals surface area contributed by atoms with Gasteiger partial charge in [0.05, 0.1) is 6.61 Å². The molecule has 1 unspecified atom stereocenters. The largest absolute Gasteiger partial charge is 0.493 e. The van der Waals surface area contributed by atoms with E-state index in [1.54, 1.807) is 24.5 Å².